The number of pyridine rings is 1. The molecule has 2 aromatic heterocycles. The van der Waals surface area contributed by atoms with Gasteiger partial charge < -0.3 is 9.84 Å². The smallest absolute Gasteiger partial charge is 0.213 e. The van der Waals surface area contributed by atoms with Gasteiger partial charge >= 0.3 is 0 Å². The van der Waals surface area contributed by atoms with E-state index in [0.717, 1.165) is 12.0 Å². The van der Waals surface area contributed by atoms with Crippen LogP contribution in [0.1, 0.15) is 50.3 Å². The first-order valence-electron chi connectivity index (χ1n) is 13.7. The van der Waals surface area contributed by atoms with E-state index in [-0.39, 0.29) is 24.0 Å². The minimum absolute atomic E-state index is 0.0196. The second kappa shape index (κ2) is 10.0. The monoisotopic (exact) mass is 534 g/mol. The van der Waals surface area contributed by atoms with Crippen molar-refractivity contribution in [1.82, 2.24) is 0 Å². The number of ether oxygens (including phenoxy) is 1. The van der Waals surface area contributed by atoms with E-state index < -0.39 is 0 Å². The lowest BCUT2D eigenvalue weighted by Crippen LogP contribution is -2.49. The fraction of sp³-hybridized carbons (Fsp3) is 0.286. The molecule has 0 radical (unpaired) electrons. The minimum atomic E-state index is -0.0650. The zero-order valence-electron chi connectivity index (χ0n) is 23.2. The molecule has 0 fully saturated rings. The van der Waals surface area contributed by atoms with Crippen molar-refractivity contribution in [3.05, 3.63) is 102 Å². The number of hydrogen-bond acceptors (Lipinski definition) is 3. The van der Waals surface area contributed by atoms with E-state index in [1.807, 2.05) is 0 Å². The van der Waals surface area contributed by atoms with Gasteiger partial charge in [0.25, 0.3) is 0 Å². The van der Waals surface area contributed by atoms with Gasteiger partial charge in [0.05, 0.1) is 18.1 Å². The summed E-state index contributed by atoms with van der Waals surface area (Å²) in [6.45, 7) is 11.8. The van der Waals surface area contributed by atoms with E-state index in [0.29, 0.717) is 6.61 Å². The summed E-state index contributed by atoms with van der Waals surface area (Å²) < 4.78 is 9.25. The SMILES string of the molecule is C=C(CO)C1C(CCOC)c2c(cc(C(C)(C)C)c3ccccc23)-c2cc(-c3csc4ccccc34)cc[n+]21. The van der Waals surface area contributed by atoms with Crippen molar-refractivity contribution in [1.29, 1.82) is 0 Å². The van der Waals surface area contributed by atoms with Crippen LogP contribution in [0.4, 0.5) is 0 Å². The lowest BCUT2D eigenvalue weighted by atomic mass is 9.73. The van der Waals surface area contributed by atoms with Gasteiger partial charge in [0.1, 0.15) is 0 Å². The molecule has 0 saturated heterocycles. The van der Waals surface area contributed by atoms with Crippen LogP contribution < -0.4 is 4.57 Å². The second-order valence-electron chi connectivity index (χ2n) is 11.7. The third kappa shape index (κ3) is 4.31. The highest BCUT2D eigenvalue weighted by Crippen LogP contribution is 2.49. The normalized spacial score (nSPS) is 16.8. The minimum Gasteiger partial charge on any atom is -0.392 e. The van der Waals surface area contributed by atoms with Crippen LogP contribution in [0.3, 0.4) is 0 Å². The van der Waals surface area contributed by atoms with Crippen molar-refractivity contribution in [2.75, 3.05) is 20.3 Å². The van der Waals surface area contributed by atoms with Crippen molar-refractivity contribution in [2.24, 2.45) is 0 Å². The zero-order chi connectivity index (χ0) is 27.3. The number of fused-ring (bicyclic) bond motifs is 6. The molecule has 0 spiro atoms. The molecule has 4 heteroatoms. The molecule has 3 nitrogen and oxygen atoms in total. The molecule has 1 aliphatic heterocycles. The van der Waals surface area contributed by atoms with Gasteiger partial charge in [-0.2, -0.15) is 4.57 Å². The van der Waals surface area contributed by atoms with Crippen molar-refractivity contribution in [3.63, 3.8) is 0 Å². The molecule has 1 aliphatic rings. The number of benzene rings is 3. The molecule has 3 aromatic carbocycles. The first-order valence-corrected chi connectivity index (χ1v) is 14.6. The molecule has 6 rings (SSSR count). The van der Waals surface area contributed by atoms with Gasteiger partial charge in [0.2, 0.25) is 5.69 Å². The van der Waals surface area contributed by atoms with Crippen LogP contribution in [0.15, 0.2) is 90.5 Å². The number of nitrogens with zero attached hydrogens (tertiary/aromatic N) is 1. The van der Waals surface area contributed by atoms with Gasteiger partial charge in [-0.05, 0) is 56.8 Å². The van der Waals surface area contributed by atoms with E-state index in [2.05, 4.69) is 110 Å². The lowest BCUT2D eigenvalue weighted by Gasteiger charge is -2.34. The maximum Gasteiger partial charge on any atom is 0.213 e. The third-order valence-electron chi connectivity index (χ3n) is 8.25. The summed E-state index contributed by atoms with van der Waals surface area (Å²) in [5, 5.41) is 16.5. The molecule has 39 heavy (non-hydrogen) atoms. The van der Waals surface area contributed by atoms with Gasteiger partial charge in [0.15, 0.2) is 12.2 Å². The Hall–Kier alpha value is -3.31. The van der Waals surface area contributed by atoms with Gasteiger partial charge in [-0.15, -0.1) is 11.3 Å². The summed E-state index contributed by atoms with van der Waals surface area (Å²) in [7, 11) is 1.76. The Balaban J connectivity index is 1.69. The summed E-state index contributed by atoms with van der Waals surface area (Å²) >= 11 is 1.79. The van der Waals surface area contributed by atoms with E-state index in [4.69, 9.17) is 4.74 Å². The predicted molar refractivity (Wildman–Crippen MR) is 164 cm³/mol. The number of rotatable bonds is 6. The van der Waals surface area contributed by atoms with E-state index in [1.165, 1.54) is 54.4 Å². The third-order valence-corrected chi connectivity index (χ3v) is 9.22. The molecule has 2 unspecified atom stereocenters. The Labute approximate surface area is 235 Å². The highest BCUT2D eigenvalue weighted by atomic mass is 32.1. The summed E-state index contributed by atoms with van der Waals surface area (Å²) in [6, 6.07) is 24.4. The van der Waals surface area contributed by atoms with Crippen LogP contribution in [0.2, 0.25) is 0 Å². The van der Waals surface area contributed by atoms with Crippen molar-refractivity contribution >= 4 is 32.2 Å². The number of methoxy groups -OCH3 is 1. The average molecular weight is 535 g/mol. The molecular weight excluding hydrogens is 498 g/mol. The van der Waals surface area contributed by atoms with Crippen molar-refractivity contribution < 1.29 is 14.4 Å². The molecule has 1 N–H and O–H groups in total. The van der Waals surface area contributed by atoms with Crippen molar-refractivity contribution in [2.45, 2.75) is 44.6 Å². The van der Waals surface area contributed by atoms with Gasteiger partial charge in [-0.25, -0.2) is 0 Å². The van der Waals surface area contributed by atoms with Crippen LogP contribution >= 0.6 is 11.3 Å². The number of aromatic nitrogens is 1. The van der Waals surface area contributed by atoms with Crippen LogP contribution in [0, 0.1) is 0 Å². The molecule has 198 valence electrons. The average Bonchev–Trinajstić information content (AvgIpc) is 3.38. The van der Waals surface area contributed by atoms with Gasteiger partial charge in [-0.3, -0.25) is 0 Å². The Bertz CT molecular complexity index is 1710. The number of aliphatic hydroxyl groups is 1. The fourth-order valence-electron chi connectivity index (χ4n) is 6.44. The Morgan fingerprint density at radius 3 is 2.41 bits per heavy atom. The largest absolute Gasteiger partial charge is 0.392 e. The molecule has 3 heterocycles. The van der Waals surface area contributed by atoms with Crippen LogP contribution in [0.25, 0.3) is 43.2 Å². The van der Waals surface area contributed by atoms with Crippen molar-refractivity contribution in [3.8, 4) is 22.4 Å². The van der Waals surface area contributed by atoms with Gasteiger partial charge in [-0.1, -0.05) is 69.8 Å². The summed E-state index contributed by atoms with van der Waals surface area (Å²) in [5.74, 6) is 0.129. The quantitative estimate of drug-likeness (QED) is 0.176. The van der Waals surface area contributed by atoms with E-state index in [9.17, 15) is 5.11 Å². The summed E-state index contributed by atoms with van der Waals surface area (Å²) in [6.07, 6.45) is 3.05. The first kappa shape index (κ1) is 25.9. The van der Waals surface area contributed by atoms with Crippen LogP contribution in [-0.4, -0.2) is 25.4 Å². The lowest BCUT2D eigenvalue weighted by molar-refractivity contribution is -0.709. The molecule has 2 atom stereocenters. The molecular formula is C35H36NO2S+. The molecule has 5 aromatic rings. The number of hydrogen-bond donors (Lipinski definition) is 1. The maximum absolute atomic E-state index is 10.3. The van der Waals surface area contributed by atoms with E-state index >= 15 is 0 Å². The van der Waals surface area contributed by atoms with Crippen LogP contribution in [0.5, 0.6) is 0 Å². The summed E-state index contributed by atoms with van der Waals surface area (Å²) in [5.41, 5.74) is 8.39. The Morgan fingerprint density at radius 2 is 1.69 bits per heavy atom. The molecule has 0 amide bonds. The Kier molecular flexibility index (Phi) is 6.66. The molecule has 0 aliphatic carbocycles. The highest BCUT2D eigenvalue weighted by Gasteiger charge is 2.43. The predicted octanol–water partition coefficient (Wildman–Crippen LogP) is 8.20. The number of thiophene rings is 1. The second-order valence-corrected chi connectivity index (χ2v) is 12.6. The molecule has 0 saturated carbocycles. The standard InChI is InChI=1S/C35H36NO2S/c1-22(20-37)34-27(15-17-38-5)33-26-12-7-6-10-24(26)30(35(2,3)4)19-28(33)31-18-23(14-16-36(31)34)29-21-39-32-13-9-8-11-25(29)32/h6-14,16,18-19,21,27,34,37H,1,15,17,20H2,2-5H3/q+1. The molecule has 0 bridgehead atoms. The first-order chi connectivity index (χ1) is 18.8. The zero-order valence-corrected chi connectivity index (χ0v) is 24.0. The summed E-state index contributed by atoms with van der Waals surface area (Å²) in [4.78, 5) is 0. The van der Waals surface area contributed by atoms with Crippen LogP contribution in [-0.2, 0) is 10.2 Å². The highest BCUT2D eigenvalue weighted by molar-refractivity contribution is 7.17. The fourth-order valence-corrected chi connectivity index (χ4v) is 7.41. The number of aliphatic hydroxyl groups excluding tert-OH is 1. The Morgan fingerprint density at radius 1 is 0.974 bits per heavy atom. The van der Waals surface area contributed by atoms with Gasteiger partial charge in [0, 0.05) is 47.1 Å². The maximum atomic E-state index is 10.3. The topological polar surface area (TPSA) is 33.3 Å². The van der Waals surface area contributed by atoms with E-state index in [1.54, 1.807) is 18.4 Å².